The molecule has 0 aliphatic carbocycles. The van der Waals surface area contributed by atoms with Gasteiger partial charge in [-0.1, -0.05) is 42.5 Å². The molecule has 152 valence electrons. The maximum absolute atomic E-state index is 13.3. The molecule has 2 aromatic heterocycles. The summed E-state index contributed by atoms with van der Waals surface area (Å²) in [6, 6.07) is 12.3. The second-order valence-corrected chi connectivity index (χ2v) is 8.17. The molecule has 1 aromatic carbocycles. The first-order chi connectivity index (χ1) is 14.5. The van der Waals surface area contributed by atoms with Gasteiger partial charge in [0.05, 0.1) is 40.0 Å². The lowest BCUT2D eigenvalue weighted by Crippen LogP contribution is -2.35. The second-order valence-electron chi connectivity index (χ2n) is 6.97. The topological polar surface area (TPSA) is 83.6 Å². The number of Topliss-reactive ketones (excluding diaryl/α,β-unsaturated/α-hetero) is 1. The van der Waals surface area contributed by atoms with Crippen molar-refractivity contribution in [1.82, 2.24) is 9.88 Å². The lowest BCUT2D eigenvalue weighted by Gasteiger charge is -2.23. The number of nitrogens with zero attached hydrogens (tertiary/aromatic N) is 2. The third kappa shape index (κ3) is 3.71. The van der Waals surface area contributed by atoms with Crippen LogP contribution in [0.3, 0.4) is 0 Å². The van der Waals surface area contributed by atoms with Gasteiger partial charge < -0.3 is 14.4 Å². The predicted octanol–water partition coefficient (Wildman–Crippen LogP) is 4.47. The van der Waals surface area contributed by atoms with E-state index < -0.39 is 17.7 Å². The van der Waals surface area contributed by atoms with Crippen LogP contribution in [-0.4, -0.2) is 32.7 Å². The molecule has 0 radical (unpaired) electrons. The highest BCUT2D eigenvalue weighted by atomic mass is 32.1. The largest absolute Gasteiger partial charge is 0.503 e. The smallest absolute Gasteiger partial charge is 0.290 e. The van der Waals surface area contributed by atoms with E-state index in [2.05, 4.69) is 4.98 Å². The van der Waals surface area contributed by atoms with Crippen molar-refractivity contribution in [3.63, 3.8) is 0 Å². The van der Waals surface area contributed by atoms with E-state index in [0.717, 1.165) is 10.6 Å². The fourth-order valence-corrected chi connectivity index (χ4v) is 4.36. The van der Waals surface area contributed by atoms with Gasteiger partial charge in [-0.05, 0) is 31.5 Å². The summed E-state index contributed by atoms with van der Waals surface area (Å²) in [6.07, 6.45) is 5.12. The number of carbonyl (C=O) groups excluding carboxylic acids is 2. The molecule has 4 rings (SSSR count). The monoisotopic (exact) mass is 420 g/mol. The molecular weight excluding hydrogens is 400 g/mol. The summed E-state index contributed by atoms with van der Waals surface area (Å²) < 4.78 is 5.38. The fourth-order valence-electron chi connectivity index (χ4n) is 3.49. The Bertz CT molecular complexity index is 1140. The van der Waals surface area contributed by atoms with Crippen LogP contribution in [0.2, 0.25) is 0 Å². The molecule has 7 heteroatoms. The number of benzene rings is 1. The van der Waals surface area contributed by atoms with E-state index in [1.165, 1.54) is 22.5 Å². The quantitative estimate of drug-likeness (QED) is 0.595. The summed E-state index contributed by atoms with van der Waals surface area (Å²) in [6.45, 7) is 3.70. The van der Waals surface area contributed by atoms with E-state index in [1.807, 2.05) is 43.3 Å². The number of aryl methyl sites for hydroxylation is 2. The van der Waals surface area contributed by atoms with Gasteiger partial charge in [-0.25, -0.2) is 4.98 Å². The molecule has 0 bridgehead atoms. The van der Waals surface area contributed by atoms with Gasteiger partial charge >= 0.3 is 0 Å². The number of thiazole rings is 1. The van der Waals surface area contributed by atoms with Crippen molar-refractivity contribution in [1.29, 1.82) is 0 Å². The van der Waals surface area contributed by atoms with E-state index in [1.54, 1.807) is 25.1 Å². The van der Waals surface area contributed by atoms with Crippen LogP contribution in [0.1, 0.15) is 31.7 Å². The number of amides is 1. The molecule has 0 saturated heterocycles. The molecule has 30 heavy (non-hydrogen) atoms. The zero-order valence-electron chi connectivity index (χ0n) is 16.5. The molecule has 3 heterocycles. The van der Waals surface area contributed by atoms with Gasteiger partial charge in [-0.15, -0.1) is 11.3 Å². The Hall–Kier alpha value is -3.45. The lowest BCUT2D eigenvalue weighted by molar-refractivity contribution is -0.129. The number of hydrogen-bond donors (Lipinski definition) is 1. The molecule has 1 aliphatic rings. The highest BCUT2D eigenvalue weighted by molar-refractivity contribution is 7.14. The van der Waals surface area contributed by atoms with Crippen molar-refractivity contribution in [2.24, 2.45) is 0 Å². The van der Waals surface area contributed by atoms with Gasteiger partial charge in [0.25, 0.3) is 5.91 Å². The van der Waals surface area contributed by atoms with E-state index in [9.17, 15) is 14.7 Å². The molecule has 1 aliphatic heterocycles. The van der Waals surface area contributed by atoms with Gasteiger partial charge in [-0.3, -0.25) is 9.59 Å². The minimum atomic E-state index is -0.725. The summed E-state index contributed by atoms with van der Waals surface area (Å²) in [4.78, 5) is 32.4. The Kier molecular flexibility index (Phi) is 5.37. The number of furan rings is 1. The second kappa shape index (κ2) is 8.12. The van der Waals surface area contributed by atoms with E-state index in [-0.39, 0.29) is 17.9 Å². The molecule has 1 N–H and O–H groups in total. The summed E-state index contributed by atoms with van der Waals surface area (Å²) in [7, 11) is 0. The highest BCUT2D eigenvalue weighted by Crippen LogP contribution is 2.33. The number of aromatic nitrogens is 1. The van der Waals surface area contributed by atoms with Crippen molar-refractivity contribution in [3.8, 4) is 0 Å². The Morgan fingerprint density at radius 3 is 2.63 bits per heavy atom. The van der Waals surface area contributed by atoms with Gasteiger partial charge in [0.1, 0.15) is 5.76 Å². The van der Waals surface area contributed by atoms with Crippen LogP contribution in [0.25, 0.3) is 6.08 Å². The summed E-state index contributed by atoms with van der Waals surface area (Å²) in [5.41, 5.74) is 1.57. The summed E-state index contributed by atoms with van der Waals surface area (Å²) in [5, 5.41) is 11.4. The highest BCUT2D eigenvalue weighted by Gasteiger charge is 2.42. The van der Waals surface area contributed by atoms with Crippen molar-refractivity contribution in [3.05, 3.63) is 93.0 Å². The first-order valence-electron chi connectivity index (χ1n) is 9.44. The zero-order chi connectivity index (χ0) is 21.3. The van der Waals surface area contributed by atoms with Crippen LogP contribution in [0.4, 0.5) is 0 Å². The molecule has 0 fully saturated rings. The number of carbonyl (C=O) groups is 2. The maximum atomic E-state index is 13.3. The van der Waals surface area contributed by atoms with Crippen LogP contribution >= 0.6 is 11.3 Å². The van der Waals surface area contributed by atoms with Crippen LogP contribution < -0.4 is 0 Å². The minimum Gasteiger partial charge on any atom is -0.503 e. The van der Waals surface area contributed by atoms with Crippen LogP contribution in [0.15, 0.2) is 70.6 Å². The zero-order valence-corrected chi connectivity index (χ0v) is 17.3. The van der Waals surface area contributed by atoms with Gasteiger partial charge in [0.2, 0.25) is 5.78 Å². The molecule has 1 unspecified atom stereocenters. The van der Waals surface area contributed by atoms with Gasteiger partial charge in [0.15, 0.2) is 5.76 Å². The van der Waals surface area contributed by atoms with Crippen LogP contribution in [0, 0.1) is 13.8 Å². The van der Waals surface area contributed by atoms with Crippen molar-refractivity contribution >= 4 is 29.1 Å². The van der Waals surface area contributed by atoms with Crippen molar-refractivity contribution in [2.75, 3.05) is 0 Å². The number of aliphatic hydroxyl groups is 1. The molecule has 3 aromatic rings. The van der Waals surface area contributed by atoms with Crippen LogP contribution in [0.5, 0.6) is 0 Å². The van der Waals surface area contributed by atoms with Gasteiger partial charge in [-0.2, -0.15) is 0 Å². The third-order valence-electron chi connectivity index (χ3n) is 4.88. The number of hydrogen-bond acceptors (Lipinski definition) is 6. The van der Waals surface area contributed by atoms with Gasteiger partial charge in [0, 0.05) is 0 Å². The first-order valence-corrected chi connectivity index (χ1v) is 10.3. The standard InChI is InChI=1S/C23H20N2O4S/c1-14-22(30-15(2)24-14)20(26)19-18(11-10-16-7-4-3-5-8-16)25(23(28)21(19)27)13-17-9-6-12-29-17/h3-12,18,27H,13H2,1-2H3/b11-10+. The molecule has 0 spiro atoms. The summed E-state index contributed by atoms with van der Waals surface area (Å²) >= 11 is 1.26. The normalized spacial score (nSPS) is 16.8. The Labute approximate surface area is 177 Å². The average Bonchev–Trinajstić information content (AvgIpc) is 3.42. The molecule has 6 nitrogen and oxygen atoms in total. The number of ketones is 1. The summed E-state index contributed by atoms with van der Waals surface area (Å²) in [5.74, 6) is -0.947. The van der Waals surface area contributed by atoms with E-state index in [4.69, 9.17) is 4.42 Å². The SMILES string of the molecule is Cc1nc(C)c(C(=O)C2=C(O)C(=O)N(Cc3ccco3)C2/C=C/c2ccccc2)s1. The van der Waals surface area contributed by atoms with Crippen molar-refractivity contribution in [2.45, 2.75) is 26.4 Å². The van der Waals surface area contributed by atoms with E-state index >= 15 is 0 Å². The Morgan fingerprint density at radius 2 is 2.00 bits per heavy atom. The Balaban J connectivity index is 1.74. The predicted molar refractivity (Wildman–Crippen MR) is 114 cm³/mol. The number of aliphatic hydroxyl groups excluding tert-OH is 1. The molecule has 1 amide bonds. The average molecular weight is 420 g/mol. The van der Waals surface area contributed by atoms with E-state index in [0.29, 0.717) is 16.3 Å². The Morgan fingerprint density at radius 1 is 1.23 bits per heavy atom. The van der Waals surface area contributed by atoms with Crippen molar-refractivity contribution < 1.29 is 19.1 Å². The minimum absolute atomic E-state index is 0.0606. The molecular formula is C23H20N2O4S. The maximum Gasteiger partial charge on any atom is 0.290 e. The number of rotatable bonds is 6. The third-order valence-corrected chi connectivity index (χ3v) is 5.95. The molecule has 1 atom stereocenters. The first kappa shape index (κ1) is 19.8. The van der Waals surface area contributed by atoms with Crippen LogP contribution in [-0.2, 0) is 11.3 Å². The molecule has 0 saturated carbocycles. The lowest BCUT2D eigenvalue weighted by atomic mass is 10.00. The fraction of sp³-hybridized carbons (Fsp3) is 0.174.